The van der Waals surface area contributed by atoms with Crippen molar-refractivity contribution in [3.63, 3.8) is 0 Å². The molecule has 4 heteroatoms. The van der Waals surface area contributed by atoms with Crippen LogP contribution in [-0.4, -0.2) is 43.1 Å². The maximum Gasteiger partial charge on any atom is 0.129 e. The maximum atomic E-state index is 6.05. The molecule has 2 heterocycles. The van der Waals surface area contributed by atoms with Crippen LogP contribution in [0.15, 0.2) is 12.1 Å². The van der Waals surface area contributed by atoms with E-state index < -0.39 is 0 Å². The van der Waals surface area contributed by atoms with Gasteiger partial charge in [-0.3, -0.25) is 0 Å². The maximum absolute atomic E-state index is 6.05. The molecular formula is C16H26ClN3. The van der Waals surface area contributed by atoms with E-state index in [4.69, 9.17) is 16.6 Å². The molecule has 0 spiro atoms. The van der Waals surface area contributed by atoms with Crippen LogP contribution in [0.25, 0.3) is 0 Å². The lowest BCUT2D eigenvalue weighted by molar-refractivity contribution is 0.315. The molecule has 112 valence electrons. The first kappa shape index (κ1) is 15.6. The van der Waals surface area contributed by atoms with Crippen LogP contribution in [0.4, 0.5) is 5.82 Å². The van der Waals surface area contributed by atoms with Crippen molar-refractivity contribution in [2.24, 2.45) is 0 Å². The van der Waals surface area contributed by atoms with Crippen LogP contribution < -0.4 is 4.90 Å². The molecule has 0 aromatic carbocycles. The summed E-state index contributed by atoms with van der Waals surface area (Å²) in [5, 5.41) is 0. The minimum atomic E-state index is 0.0531. The topological polar surface area (TPSA) is 19.4 Å². The first-order valence-electron chi connectivity index (χ1n) is 7.30. The quantitative estimate of drug-likeness (QED) is 0.798. The average Bonchev–Trinajstić information content (AvgIpc) is 2.87. The van der Waals surface area contributed by atoms with Crippen molar-refractivity contribution >= 4 is 17.4 Å². The third kappa shape index (κ3) is 3.44. The fraction of sp³-hybridized carbons (Fsp3) is 0.688. The first-order valence-corrected chi connectivity index (χ1v) is 7.83. The van der Waals surface area contributed by atoms with Crippen molar-refractivity contribution in [3.05, 3.63) is 23.4 Å². The molecule has 0 aliphatic carbocycles. The summed E-state index contributed by atoms with van der Waals surface area (Å²) in [4.78, 5) is 9.56. The van der Waals surface area contributed by atoms with Crippen LogP contribution in [0.1, 0.15) is 38.4 Å². The standard InChI is InChI=1S/C16H26ClN3/c1-16(2,3)14-8-12(10-17)9-15(18-14)20-7-6-13(11-20)19(4)5/h8-9,13H,6-7,10-11H2,1-5H3. The van der Waals surface area contributed by atoms with Crippen molar-refractivity contribution in [2.45, 2.75) is 44.5 Å². The number of hydrogen-bond donors (Lipinski definition) is 0. The van der Waals surface area contributed by atoms with Crippen molar-refractivity contribution in [3.8, 4) is 0 Å². The molecule has 0 radical (unpaired) electrons. The van der Waals surface area contributed by atoms with Gasteiger partial charge in [0.15, 0.2) is 0 Å². The molecule has 0 saturated carbocycles. The molecule has 1 unspecified atom stereocenters. The number of halogens is 1. The molecule has 0 N–H and O–H groups in total. The minimum Gasteiger partial charge on any atom is -0.355 e. The average molecular weight is 296 g/mol. The number of rotatable bonds is 3. The number of aromatic nitrogens is 1. The molecule has 1 aromatic rings. The second kappa shape index (κ2) is 5.90. The molecule has 0 amide bonds. The molecule has 1 saturated heterocycles. The summed E-state index contributed by atoms with van der Waals surface area (Å²) < 4.78 is 0. The van der Waals surface area contributed by atoms with Gasteiger partial charge in [0, 0.05) is 36.1 Å². The molecule has 1 aliphatic rings. The van der Waals surface area contributed by atoms with E-state index in [0.717, 1.165) is 30.2 Å². The lowest BCUT2D eigenvalue weighted by Crippen LogP contribution is -2.32. The van der Waals surface area contributed by atoms with E-state index in [0.29, 0.717) is 11.9 Å². The summed E-state index contributed by atoms with van der Waals surface area (Å²) in [5.74, 6) is 1.63. The van der Waals surface area contributed by atoms with E-state index in [1.165, 1.54) is 6.42 Å². The van der Waals surface area contributed by atoms with Gasteiger partial charge in [-0.1, -0.05) is 20.8 Å². The van der Waals surface area contributed by atoms with Gasteiger partial charge in [-0.2, -0.15) is 0 Å². The van der Waals surface area contributed by atoms with Crippen molar-refractivity contribution < 1.29 is 0 Å². The van der Waals surface area contributed by atoms with E-state index in [2.05, 4.69) is 56.8 Å². The zero-order chi connectivity index (χ0) is 14.9. The number of alkyl halides is 1. The van der Waals surface area contributed by atoms with Crippen molar-refractivity contribution in [2.75, 3.05) is 32.1 Å². The molecule has 2 rings (SSSR count). The molecular weight excluding hydrogens is 270 g/mol. The van der Waals surface area contributed by atoms with Gasteiger partial charge in [-0.15, -0.1) is 11.6 Å². The Balaban J connectivity index is 2.28. The summed E-state index contributed by atoms with van der Waals surface area (Å²) in [6, 6.07) is 4.89. The van der Waals surface area contributed by atoms with Gasteiger partial charge in [-0.25, -0.2) is 4.98 Å². The Labute approximate surface area is 127 Å². The van der Waals surface area contributed by atoms with Gasteiger partial charge in [0.25, 0.3) is 0 Å². The van der Waals surface area contributed by atoms with Crippen molar-refractivity contribution in [1.29, 1.82) is 0 Å². The van der Waals surface area contributed by atoms with Gasteiger partial charge >= 0.3 is 0 Å². The fourth-order valence-electron chi connectivity index (χ4n) is 2.57. The highest BCUT2D eigenvalue weighted by atomic mass is 35.5. The van der Waals surface area contributed by atoms with E-state index in [1.54, 1.807) is 0 Å². The van der Waals surface area contributed by atoms with Crippen LogP contribution in [0.5, 0.6) is 0 Å². The zero-order valence-corrected chi connectivity index (χ0v) is 14.0. The first-order chi connectivity index (χ1) is 9.31. The van der Waals surface area contributed by atoms with Gasteiger partial charge in [0.05, 0.1) is 0 Å². The predicted molar refractivity (Wildman–Crippen MR) is 86.8 cm³/mol. The highest BCUT2D eigenvalue weighted by Crippen LogP contribution is 2.27. The molecule has 3 nitrogen and oxygen atoms in total. The summed E-state index contributed by atoms with van der Waals surface area (Å²) in [7, 11) is 4.30. The summed E-state index contributed by atoms with van der Waals surface area (Å²) >= 11 is 6.05. The molecule has 20 heavy (non-hydrogen) atoms. The van der Waals surface area contributed by atoms with Crippen LogP contribution in [-0.2, 0) is 11.3 Å². The highest BCUT2D eigenvalue weighted by Gasteiger charge is 2.26. The van der Waals surface area contributed by atoms with Crippen LogP contribution in [0.3, 0.4) is 0 Å². The Morgan fingerprint density at radius 3 is 2.55 bits per heavy atom. The van der Waals surface area contributed by atoms with Gasteiger partial charge in [-0.05, 0) is 38.2 Å². The second-order valence-electron chi connectivity index (χ2n) is 6.95. The fourth-order valence-corrected chi connectivity index (χ4v) is 2.72. The van der Waals surface area contributed by atoms with E-state index in [9.17, 15) is 0 Å². The summed E-state index contributed by atoms with van der Waals surface area (Å²) in [5.41, 5.74) is 2.34. The van der Waals surface area contributed by atoms with E-state index in [1.807, 2.05) is 0 Å². The Bertz CT molecular complexity index is 465. The third-order valence-corrected chi connectivity index (χ3v) is 4.32. The third-order valence-electron chi connectivity index (χ3n) is 4.01. The van der Waals surface area contributed by atoms with Gasteiger partial charge in [0.1, 0.15) is 5.82 Å². The van der Waals surface area contributed by atoms with E-state index >= 15 is 0 Å². The Morgan fingerprint density at radius 1 is 1.35 bits per heavy atom. The zero-order valence-electron chi connectivity index (χ0n) is 13.3. The highest BCUT2D eigenvalue weighted by molar-refractivity contribution is 6.17. The Kier molecular flexibility index (Phi) is 4.60. The SMILES string of the molecule is CN(C)C1CCN(c2cc(CCl)cc(C(C)(C)C)n2)C1. The lowest BCUT2D eigenvalue weighted by Gasteiger charge is -2.24. The summed E-state index contributed by atoms with van der Waals surface area (Å²) in [6.07, 6.45) is 1.20. The monoisotopic (exact) mass is 295 g/mol. The minimum absolute atomic E-state index is 0.0531. The molecule has 1 atom stereocenters. The summed E-state index contributed by atoms with van der Waals surface area (Å²) in [6.45, 7) is 8.72. The molecule has 1 aliphatic heterocycles. The molecule has 1 fully saturated rings. The smallest absolute Gasteiger partial charge is 0.129 e. The number of hydrogen-bond acceptors (Lipinski definition) is 3. The Hall–Kier alpha value is -0.800. The normalized spacial score (nSPS) is 19.9. The molecule has 1 aromatic heterocycles. The number of pyridine rings is 1. The number of likely N-dealkylation sites (N-methyl/N-ethyl adjacent to an activating group) is 1. The Morgan fingerprint density at radius 2 is 2.05 bits per heavy atom. The molecule has 0 bridgehead atoms. The van der Waals surface area contributed by atoms with Gasteiger partial charge < -0.3 is 9.80 Å². The van der Waals surface area contributed by atoms with Gasteiger partial charge in [0.2, 0.25) is 0 Å². The van der Waals surface area contributed by atoms with Crippen molar-refractivity contribution in [1.82, 2.24) is 9.88 Å². The predicted octanol–water partition coefficient (Wildman–Crippen LogP) is 3.26. The largest absolute Gasteiger partial charge is 0.355 e. The van der Waals surface area contributed by atoms with Crippen LogP contribution in [0, 0.1) is 0 Å². The van der Waals surface area contributed by atoms with E-state index in [-0.39, 0.29) is 5.41 Å². The van der Waals surface area contributed by atoms with Crippen LogP contribution in [0.2, 0.25) is 0 Å². The lowest BCUT2D eigenvalue weighted by atomic mass is 9.91. The van der Waals surface area contributed by atoms with Crippen LogP contribution >= 0.6 is 11.6 Å². The number of anilines is 1. The second-order valence-corrected chi connectivity index (χ2v) is 7.22. The number of nitrogens with zero attached hydrogens (tertiary/aromatic N) is 3.